The van der Waals surface area contributed by atoms with Gasteiger partial charge in [-0.2, -0.15) is 4.31 Å². The predicted octanol–water partition coefficient (Wildman–Crippen LogP) is 2.51. The molecule has 2 aromatic rings. The van der Waals surface area contributed by atoms with Gasteiger partial charge < -0.3 is 9.47 Å². The van der Waals surface area contributed by atoms with Gasteiger partial charge in [-0.25, -0.2) is 13.2 Å². The highest BCUT2D eigenvalue weighted by Crippen LogP contribution is 2.24. The van der Waals surface area contributed by atoms with Crippen molar-refractivity contribution in [1.82, 2.24) is 4.31 Å². The van der Waals surface area contributed by atoms with E-state index < -0.39 is 22.6 Å². The molecule has 0 radical (unpaired) electrons. The second-order valence-corrected chi connectivity index (χ2v) is 8.82. The minimum absolute atomic E-state index is 0.0149. The number of ether oxygens (including phenoxy) is 2. The van der Waals surface area contributed by atoms with E-state index in [1.54, 1.807) is 30.3 Å². The Labute approximate surface area is 171 Å². The van der Waals surface area contributed by atoms with Crippen molar-refractivity contribution in [1.29, 1.82) is 0 Å². The zero-order valence-electron chi connectivity index (χ0n) is 14.8. The molecule has 1 aliphatic heterocycles. The number of nitrogens with zero attached hydrogens (tertiary/aromatic N) is 1. The number of benzene rings is 2. The molecule has 0 atom stereocenters. The minimum Gasteiger partial charge on any atom is -0.454 e. The molecule has 0 N–H and O–H groups in total. The zero-order valence-corrected chi connectivity index (χ0v) is 17.2. The van der Waals surface area contributed by atoms with Crippen molar-refractivity contribution >= 4 is 37.7 Å². The van der Waals surface area contributed by atoms with E-state index in [-0.39, 0.29) is 29.3 Å². The van der Waals surface area contributed by atoms with E-state index in [1.165, 1.54) is 22.5 Å². The van der Waals surface area contributed by atoms with Crippen LogP contribution in [0.3, 0.4) is 0 Å². The van der Waals surface area contributed by atoms with Gasteiger partial charge in [0, 0.05) is 23.1 Å². The molecular weight excluding hydrogens is 450 g/mol. The number of ketones is 1. The molecule has 3 rings (SSSR count). The third-order valence-electron chi connectivity index (χ3n) is 4.20. The molecule has 2 aromatic carbocycles. The Balaban J connectivity index is 1.75. The number of Topliss-reactive ketones (excluding diaryl/α,β-unsaturated/α-hetero) is 1. The lowest BCUT2D eigenvalue weighted by Gasteiger charge is -2.26. The first-order valence-corrected chi connectivity index (χ1v) is 10.8. The topological polar surface area (TPSA) is 90.0 Å². The van der Waals surface area contributed by atoms with Crippen LogP contribution in [0.4, 0.5) is 0 Å². The Hall–Kier alpha value is -2.07. The number of halogens is 1. The molecule has 148 valence electrons. The van der Waals surface area contributed by atoms with Crippen LogP contribution in [0.1, 0.15) is 20.7 Å². The van der Waals surface area contributed by atoms with Gasteiger partial charge in [0.2, 0.25) is 10.0 Å². The summed E-state index contributed by atoms with van der Waals surface area (Å²) < 4.78 is 37.5. The van der Waals surface area contributed by atoms with Crippen LogP contribution in [0.15, 0.2) is 57.9 Å². The summed E-state index contributed by atoms with van der Waals surface area (Å²) in [5.74, 6) is -1.13. The molecule has 0 aliphatic carbocycles. The molecule has 28 heavy (non-hydrogen) atoms. The SMILES string of the molecule is O=C(COC(=O)c1cc(S(=O)(=O)N2CCOCC2)ccc1Br)c1ccccc1. The fourth-order valence-corrected chi connectivity index (χ4v) is 4.52. The van der Waals surface area contributed by atoms with Crippen molar-refractivity contribution in [3.8, 4) is 0 Å². The molecule has 0 saturated carbocycles. The van der Waals surface area contributed by atoms with Gasteiger partial charge in [0.05, 0.1) is 23.7 Å². The molecule has 0 aromatic heterocycles. The van der Waals surface area contributed by atoms with E-state index in [9.17, 15) is 18.0 Å². The zero-order chi connectivity index (χ0) is 20.1. The summed E-state index contributed by atoms with van der Waals surface area (Å²) in [6.07, 6.45) is 0. The van der Waals surface area contributed by atoms with Gasteiger partial charge in [-0.05, 0) is 34.1 Å². The summed E-state index contributed by atoms with van der Waals surface area (Å²) in [5.41, 5.74) is 0.466. The fraction of sp³-hybridized carbons (Fsp3) is 0.263. The van der Waals surface area contributed by atoms with Gasteiger partial charge >= 0.3 is 5.97 Å². The van der Waals surface area contributed by atoms with Crippen molar-refractivity contribution in [2.24, 2.45) is 0 Å². The standard InChI is InChI=1S/C19H18BrNO6S/c20-17-7-6-15(28(24,25)21-8-10-26-11-9-21)12-16(17)19(23)27-13-18(22)14-4-2-1-3-5-14/h1-7,12H,8-11,13H2. The van der Waals surface area contributed by atoms with E-state index in [0.29, 0.717) is 23.2 Å². The Bertz CT molecular complexity index is 971. The van der Waals surface area contributed by atoms with Crippen LogP contribution in [-0.4, -0.2) is 57.4 Å². The number of carbonyl (C=O) groups excluding carboxylic acids is 2. The van der Waals surface area contributed by atoms with E-state index >= 15 is 0 Å². The highest BCUT2D eigenvalue weighted by atomic mass is 79.9. The fourth-order valence-electron chi connectivity index (χ4n) is 2.67. The van der Waals surface area contributed by atoms with E-state index in [1.807, 2.05) is 0 Å². The lowest BCUT2D eigenvalue weighted by molar-refractivity contribution is 0.0473. The van der Waals surface area contributed by atoms with Crippen molar-refractivity contribution in [3.63, 3.8) is 0 Å². The summed E-state index contributed by atoms with van der Waals surface area (Å²) in [5, 5.41) is 0. The molecule has 0 unspecified atom stereocenters. The third-order valence-corrected chi connectivity index (χ3v) is 6.78. The molecule has 0 bridgehead atoms. The molecule has 1 heterocycles. The van der Waals surface area contributed by atoms with Crippen LogP contribution < -0.4 is 0 Å². The molecule has 9 heteroatoms. The quantitative estimate of drug-likeness (QED) is 0.478. The number of sulfonamides is 1. The third kappa shape index (κ3) is 4.67. The monoisotopic (exact) mass is 467 g/mol. The lowest BCUT2D eigenvalue weighted by Crippen LogP contribution is -2.40. The molecular formula is C19H18BrNO6S. The van der Waals surface area contributed by atoms with E-state index in [0.717, 1.165) is 0 Å². The van der Waals surface area contributed by atoms with Gasteiger partial charge in [0.1, 0.15) is 0 Å². The Kier molecular flexibility index (Phi) is 6.61. The normalized spacial score (nSPS) is 15.2. The second kappa shape index (κ2) is 8.95. The summed E-state index contributed by atoms with van der Waals surface area (Å²) in [7, 11) is -3.75. The summed E-state index contributed by atoms with van der Waals surface area (Å²) >= 11 is 3.23. The van der Waals surface area contributed by atoms with Gasteiger partial charge in [-0.1, -0.05) is 30.3 Å². The minimum atomic E-state index is -3.75. The smallest absolute Gasteiger partial charge is 0.339 e. The maximum atomic E-state index is 12.8. The number of hydrogen-bond donors (Lipinski definition) is 0. The molecule has 1 fully saturated rings. The molecule has 1 aliphatic rings. The molecule has 0 amide bonds. The second-order valence-electron chi connectivity index (χ2n) is 6.02. The molecule has 0 spiro atoms. The van der Waals surface area contributed by atoms with Crippen LogP contribution in [-0.2, 0) is 19.5 Å². The Morgan fingerprint density at radius 1 is 1.07 bits per heavy atom. The first kappa shape index (κ1) is 20.7. The largest absolute Gasteiger partial charge is 0.454 e. The van der Waals surface area contributed by atoms with Gasteiger partial charge in [0.15, 0.2) is 12.4 Å². The van der Waals surface area contributed by atoms with Crippen LogP contribution >= 0.6 is 15.9 Å². The number of hydrogen-bond acceptors (Lipinski definition) is 6. The summed E-state index contributed by atoms with van der Waals surface area (Å²) in [6.45, 7) is 0.724. The first-order chi connectivity index (χ1) is 13.4. The number of morpholine rings is 1. The Morgan fingerprint density at radius 2 is 1.75 bits per heavy atom. The molecule has 7 nitrogen and oxygen atoms in total. The number of esters is 1. The maximum absolute atomic E-state index is 12.8. The van der Waals surface area contributed by atoms with E-state index in [2.05, 4.69) is 15.9 Å². The summed E-state index contributed by atoms with van der Waals surface area (Å²) in [4.78, 5) is 24.5. The molecule has 1 saturated heterocycles. The van der Waals surface area contributed by atoms with Gasteiger partial charge in [-0.3, -0.25) is 4.79 Å². The van der Waals surface area contributed by atoms with Crippen LogP contribution in [0.2, 0.25) is 0 Å². The van der Waals surface area contributed by atoms with Gasteiger partial charge in [-0.15, -0.1) is 0 Å². The summed E-state index contributed by atoms with van der Waals surface area (Å²) in [6, 6.07) is 12.6. The van der Waals surface area contributed by atoms with Crippen molar-refractivity contribution < 1.29 is 27.5 Å². The predicted molar refractivity (Wildman–Crippen MR) is 105 cm³/mol. The lowest BCUT2D eigenvalue weighted by atomic mass is 10.1. The maximum Gasteiger partial charge on any atom is 0.339 e. The van der Waals surface area contributed by atoms with Crippen LogP contribution in [0.5, 0.6) is 0 Å². The van der Waals surface area contributed by atoms with Crippen molar-refractivity contribution in [2.45, 2.75) is 4.90 Å². The highest BCUT2D eigenvalue weighted by molar-refractivity contribution is 9.10. The average Bonchev–Trinajstić information content (AvgIpc) is 2.73. The average molecular weight is 468 g/mol. The van der Waals surface area contributed by atoms with Crippen LogP contribution in [0, 0.1) is 0 Å². The van der Waals surface area contributed by atoms with E-state index in [4.69, 9.17) is 9.47 Å². The number of carbonyl (C=O) groups is 2. The van der Waals surface area contributed by atoms with Crippen molar-refractivity contribution in [2.75, 3.05) is 32.9 Å². The van der Waals surface area contributed by atoms with Crippen LogP contribution in [0.25, 0.3) is 0 Å². The highest BCUT2D eigenvalue weighted by Gasteiger charge is 2.28. The first-order valence-electron chi connectivity index (χ1n) is 8.52. The van der Waals surface area contributed by atoms with Crippen molar-refractivity contribution in [3.05, 3.63) is 64.1 Å². The van der Waals surface area contributed by atoms with Gasteiger partial charge in [0.25, 0.3) is 0 Å². The Morgan fingerprint density at radius 3 is 2.43 bits per heavy atom. The number of rotatable bonds is 6.